The number of nitroso groups, excluding NO2 is 1. The number of rotatable bonds is 5. The van der Waals surface area contributed by atoms with Crippen molar-refractivity contribution < 1.29 is 4.79 Å². The molecule has 0 amide bonds. The van der Waals surface area contributed by atoms with Crippen LogP contribution in [0.1, 0.15) is 6.92 Å². The van der Waals surface area contributed by atoms with E-state index in [1.165, 1.54) is 13.0 Å². The molecule has 0 atom stereocenters. The van der Waals surface area contributed by atoms with Crippen LogP contribution in [0.5, 0.6) is 0 Å². The van der Waals surface area contributed by atoms with E-state index in [1.54, 1.807) is 0 Å². The zero-order valence-corrected chi connectivity index (χ0v) is 5.91. The van der Waals surface area contributed by atoms with E-state index < -0.39 is 0 Å². The molecule has 0 bridgehead atoms. The third kappa shape index (κ3) is 3.77. The Labute approximate surface area is 59.5 Å². The lowest BCUT2D eigenvalue weighted by Crippen LogP contribution is -2.22. The first-order valence-corrected chi connectivity index (χ1v) is 2.89. The van der Waals surface area contributed by atoms with Gasteiger partial charge in [0.1, 0.15) is 0 Å². The Morgan fingerprint density at radius 1 is 1.80 bits per heavy atom. The molecule has 0 radical (unpaired) electrons. The molecule has 0 fully saturated rings. The van der Waals surface area contributed by atoms with Crippen molar-refractivity contribution in [1.82, 2.24) is 5.01 Å². The van der Waals surface area contributed by atoms with Gasteiger partial charge in [0.05, 0.1) is 18.4 Å². The highest BCUT2D eigenvalue weighted by atomic mass is 16.3. The highest BCUT2D eigenvalue weighted by Crippen LogP contribution is 1.88. The van der Waals surface area contributed by atoms with Crippen molar-refractivity contribution in [3.8, 4) is 0 Å². The highest BCUT2D eigenvalue weighted by Gasteiger charge is 2.01. The monoisotopic (exact) mass is 142 g/mol. The molecule has 0 aromatic rings. The molecule has 0 aliphatic carbocycles. The number of Topliss-reactive ketones (excluding diaryl/α,β-unsaturated/α-hetero) is 1. The predicted molar refractivity (Wildman–Crippen MR) is 38.2 cm³/mol. The summed E-state index contributed by atoms with van der Waals surface area (Å²) in [6.45, 7) is 5.20. The number of ketones is 1. The fourth-order valence-electron chi connectivity index (χ4n) is 0.533. The van der Waals surface area contributed by atoms with E-state index in [-0.39, 0.29) is 12.3 Å². The van der Waals surface area contributed by atoms with E-state index in [2.05, 4.69) is 11.9 Å². The molecule has 10 heavy (non-hydrogen) atoms. The van der Waals surface area contributed by atoms with Crippen LogP contribution >= 0.6 is 0 Å². The van der Waals surface area contributed by atoms with Crippen LogP contribution in [-0.2, 0) is 4.79 Å². The van der Waals surface area contributed by atoms with E-state index >= 15 is 0 Å². The van der Waals surface area contributed by atoms with Gasteiger partial charge in [-0.25, -0.2) is 5.01 Å². The predicted octanol–water partition coefficient (Wildman–Crippen LogP) is 0.745. The van der Waals surface area contributed by atoms with Gasteiger partial charge in [-0.2, -0.15) is 0 Å². The molecule has 4 heteroatoms. The molecule has 4 nitrogen and oxygen atoms in total. The molecule has 0 aromatic heterocycles. The third-order valence-corrected chi connectivity index (χ3v) is 0.860. The van der Waals surface area contributed by atoms with Crippen LogP contribution in [0, 0.1) is 4.91 Å². The maximum absolute atomic E-state index is 10.4. The van der Waals surface area contributed by atoms with Gasteiger partial charge in [0.15, 0.2) is 5.78 Å². The summed E-state index contributed by atoms with van der Waals surface area (Å²) >= 11 is 0. The molecule has 56 valence electrons. The maximum atomic E-state index is 10.4. The summed E-state index contributed by atoms with van der Waals surface area (Å²) < 4.78 is 0. The normalized spacial score (nSPS) is 8.50. The van der Waals surface area contributed by atoms with Crippen LogP contribution in [-0.4, -0.2) is 23.9 Å². The van der Waals surface area contributed by atoms with Gasteiger partial charge in [0, 0.05) is 0 Å². The van der Waals surface area contributed by atoms with Crippen molar-refractivity contribution in [2.24, 2.45) is 5.29 Å². The number of carbonyl (C=O) groups excluding carboxylic acids is 1. The fraction of sp³-hybridized carbons (Fsp3) is 0.500. The Bertz CT molecular complexity index is 145. The second-order valence-electron chi connectivity index (χ2n) is 1.92. The standard InChI is InChI=1S/C6H10N2O2/c1-3-4-8(7-10)5-6(2)9/h3H,1,4-5H2,2H3. The highest BCUT2D eigenvalue weighted by molar-refractivity contribution is 5.77. The molecule has 0 rings (SSSR count). The molecule has 0 N–H and O–H groups in total. The fourth-order valence-corrected chi connectivity index (χ4v) is 0.533. The van der Waals surface area contributed by atoms with Crippen molar-refractivity contribution in [2.75, 3.05) is 13.1 Å². The molecule has 0 aliphatic rings. The third-order valence-electron chi connectivity index (χ3n) is 0.860. The van der Waals surface area contributed by atoms with Gasteiger partial charge >= 0.3 is 0 Å². The Morgan fingerprint density at radius 3 is 2.70 bits per heavy atom. The minimum absolute atomic E-state index is 0.0650. The minimum Gasteiger partial charge on any atom is -0.298 e. The Morgan fingerprint density at radius 2 is 2.40 bits per heavy atom. The van der Waals surface area contributed by atoms with Gasteiger partial charge < -0.3 is 0 Å². The van der Waals surface area contributed by atoms with Gasteiger partial charge in [-0.1, -0.05) is 6.08 Å². The van der Waals surface area contributed by atoms with E-state index in [9.17, 15) is 9.70 Å². The second-order valence-corrected chi connectivity index (χ2v) is 1.92. The second kappa shape index (κ2) is 4.67. The van der Waals surface area contributed by atoms with E-state index in [0.717, 1.165) is 5.01 Å². The van der Waals surface area contributed by atoms with Crippen LogP contribution in [0.15, 0.2) is 17.9 Å². The summed E-state index contributed by atoms with van der Waals surface area (Å²) in [5, 5.41) is 3.72. The van der Waals surface area contributed by atoms with Gasteiger partial charge in [0.2, 0.25) is 0 Å². The zero-order chi connectivity index (χ0) is 7.98. The molecule has 0 aromatic carbocycles. The number of hydrogen-bond acceptors (Lipinski definition) is 3. The minimum atomic E-state index is -0.0820. The van der Waals surface area contributed by atoms with Crippen LogP contribution in [0.3, 0.4) is 0 Å². The van der Waals surface area contributed by atoms with Gasteiger partial charge in [-0.05, 0) is 6.92 Å². The molecule has 0 spiro atoms. The molecule has 0 aliphatic heterocycles. The van der Waals surface area contributed by atoms with Crippen LogP contribution in [0.25, 0.3) is 0 Å². The van der Waals surface area contributed by atoms with Gasteiger partial charge in [-0.3, -0.25) is 4.79 Å². The summed E-state index contributed by atoms with van der Waals surface area (Å²) in [6, 6.07) is 0. The quantitative estimate of drug-likeness (QED) is 0.323. The molecular weight excluding hydrogens is 132 g/mol. The largest absolute Gasteiger partial charge is 0.298 e. The average Bonchev–Trinajstić information content (AvgIpc) is 1.86. The molecular formula is C6H10N2O2. The smallest absolute Gasteiger partial charge is 0.150 e. The first kappa shape index (κ1) is 8.81. The SMILES string of the molecule is C=CCN(CC(C)=O)N=O. The summed E-state index contributed by atoms with van der Waals surface area (Å²) in [6.07, 6.45) is 1.52. The zero-order valence-electron chi connectivity index (χ0n) is 5.91. The van der Waals surface area contributed by atoms with Crippen molar-refractivity contribution in [3.05, 3.63) is 17.6 Å². The first-order chi connectivity index (χ1) is 4.70. The first-order valence-electron chi connectivity index (χ1n) is 2.89. The van der Waals surface area contributed by atoms with Crippen molar-refractivity contribution >= 4 is 5.78 Å². The summed E-state index contributed by atoms with van der Waals surface area (Å²) in [5.74, 6) is -0.0820. The topological polar surface area (TPSA) is 49.7 Å². The lowest BCUT2D eigenvalue weighted by atomic mass is 10.4. The Kier molecular flexibility index (Phi) is 4.11. The molecule has 0 unspecified atom stereocenters. The number of carbonyl (C=O) groups is 1. The van der Waals surface area contributed by atoms with Crippen LogP contribution in [0.2, 0.25) is 0 Å². The van der Waals surface area contributed by atoms with Crippen molar-refractivity contribution in [2.45, 2.75) is 6.92 Å². The Hall–Kier alpha value is -1.19. The molecule has 0 heterocycles. The van der Waals surface area contributed by atoms with Crippen LogP contribution < -0.4 is 0 Å². The molecule has 0 saturated carbocycles. The number of hydrogen-bond donors (Lipinski definition) is 0. The molecule has 0 saturated heterocycles. The lowest BCUT2D eigenvalue weighted by molar-refractivity contribution is -0.118. The lowest BCUT2D eigenvalue weighted by Gasteiger charge is -2.08. The van der Waals surface area contributed by atoms with Crippen molar-refractivity contribution in [3.63, 3.8) is 0 Å². The average molecular weight is 142 g/mol. The van der Waals surface area contributed by atoms with E-state index in [1.807, 2.05) is 0 Å². The van der Waals surface area contributed by atoms with Crippen molar-refractivity contribution in [1.29, 1.82) is 0 Å². The van der Waals surface area contributed by atoms with Gasteiger partial charge in [0.25, 0.3) is 0 Å². The Balaban J connectivity index is 3.70. The maximum Gasteiger partial charge on any atom is 0.150 e. The summed E-state index contributed by atoms with van der Waals surface area (Å²) in [4.78, 5) is 20.3. The van der Waals surface area contributed by atoms with Crippen LogP contribution in [0.4, 0.5) is 0 Å². The summed E-state index contributed by atoms with van der Waals surface area (Å²) in [7, 11) is 0. The van der Waals surface area contributed by atoms with Gasteiger partial charge in [-0.15, -0.1) is 11.5 Å². The summed E-state index contributed by atoms with van der Waals surface area (Å²) in [5.41, 5.74) is 0. The van der Waals surface area contributed by atoms with E-state index in [4.69, 9.17) is 0 Å². The number of nitrogens with zero attached hydrogens (tertiary/aromatic N) is 2. The van der Waals surface area contributed by atoms with E-state index in [0.29, 0.717) is 6.54 Å².